The molecule has 0 aromatic heterocycles. The molecule has 0 radical (unpaired) electrons. The molecule has 1 aliphatic carbocycles. The molecular weight excluding hydrogens is 160 g/mol. The zero-order chi connectivity index (χ0) is 9.73. The van der Waals surface area contributed by atoms with E-state index in [0.29, 0.717) is 11.2 Å². The van der Waals surface area contributed by atoms with Gasteiger partial charge in [0.05, 0.1) is 0 Å². The summed E-state index contributed by atoms with van der Waals surface area (Å²) in [5, 5.41) is 0. The first-order valence-corrected chi connectivity index (χ1v) is 5.29. The Kier molecular flexibility index (Phi) is 3.71. The average molecular weight is 180 g/mol. The van der Waals surface area contributed by atoms with Gasteiger partial charge in [0, 0.05) is 12.8 Å². The normalized spacial score (nSPS) is 28.8. The molecule has 0 N–H and O–H groups in total. The zero-order valence-corrected chi connectivity index (χ0v) is 8.64. The SMILES string of the molecule is C=CCCCC1(C)CCCC(=O)C1. The summed E-state index contributed by atoms with van der Waals surface area (Å²) in [4.78, 5) is 11.3. The molecule has 1 nitrogen and oxygen atoms in total. The molecule has 0 spiro atoms. The average Bonchev–Trinajstić information content (AvgIpc) is 2.04. The second-order valence-electron chi connectivity index (χ2n) is 4.56. The highest BCUT2D eigenvalue weighted by Crippen LogP contribution is 2.38. The van der Waals surface area contributed by atoms with Gasteiger partial charge in [0.25, 0.3) is 0 Å². The molecule has 0 heterocycles. The van der Waals surface area contributed by atoms with Crippen LogP contribution in [0.3, 0.4) is 0 Å². The van der Waals surface area contributed by atoms with Gasteiger partial charge in [-0.25, -0.2) is 0 Å². The number of Topliss-reactive ketones (excluding diaryl/α,β-unsaturated/α-hetero) is 1. The summed E-state index contributed by atoms with van der Waals surface area (Å²) in [6, 6.07) is 0. The van der Waals surface area contributed by atoms with E-state index >= 15 is 0 Å². The molecule has 1 heteroatoms. The third-order valence-electron chi connectivity index (χ3n) is 3.05. The van der Waals surface area contributed by atoms with Gasteiger partial charge in [-0.3, -0.25) is 4.79 Å². The molecule has 13 heavy (non-hydrogen) atoms. The maximum atomic E-state index is 11.3. The van der Waals surface area contributed by atoms with Crippen molar-refractivity contribution < 1.29 is 4.79 Å². The van der Waals surface area contributed by atoms with E-state index in [1.165, 1.54) is 19.3 Å². The van der Waals surface area contributed by atoms with Gasteiger partial charge in [0.2, 0.25) is 0 Å². The molecule has 0 aromatic rings. The lowest BCUT2D eigenvalue weighted by atomic mass is 9.72. The molecule has 1 atom stereocenters. The Bertz CT molecular complexity index is 195. The Balaban J connectivity index is 2.35. The van der Waals surface area contributed by atoms with Crippen molar-refractivity contribution in [1.29, 1.82) is 0 Å². The lowest BCUT2D eigenvalue weighted by Gasteiger charge is -2.32. The summed E-state index contributed by atoms with van der Waals surface area (Å²) < 4.78 is 0. The number of carbonyl (C=O) groups excluding carboxylic acids is 1. The van der Waals surface area contributed by atoms with E-state index in [2.05, 4.69) is 13.5 Å². The van der Waals surface area contributed by atoms with Gasteiger partial charge < -0.3 is 0 Å². The van der Waals surface area contributed by atoms with Crippen molar-refractivity contribution in [1.82, 2.24) is 0 Å². The molecular formula is C12H20O. The van der Waals surface area contributed by atoms with Crippen molar-refractivity contribution in [2.24, 2.45) is 5.41 Å². The minimum atomic E-state index is 0.304. The van der Waals surface area contributed by atoms with Crippen molar-refractivity contribution in [2.75, 3.05) is 0 Å². The zero-order valence-electron chi connectivity index (χ0n) is 8.64. The number of unbranched alkanes of at least 4 members (excludes halogenated alkanes) is 1. The van der Waals surface area contributed by atoms with Crippen LogP contribution in [0.1, 0.15) is 51.9 Å². The highest BCUT2D eigenvalue weighted by molar-refractivity contribution is 5.79. The van der Waals surface area contributed by atoms with E-state index < -0.39 is 0 Å². The Hall–Kier alpha value is -0.590. The maximum absolute atomic E-state index is 11.3. The van der Waals surface area contributed by atoms with E-state index in [1.807, 2.05) is 6.08 Å². The summed E-state index contributed by atoms with van der Waals surface area (Å²) in [5.41, 5.74) is 0.304. The molecule has 0 bridgehead atoms. The van der Waals surface area contributed by atoms with Crippen LogP contribution in [0.25, 0.3) is 0 Å². The van der Waals surface area contributed by atoms with Crippen molar-refractivity contribution in [3.8, 4) is 0 Å². The molecule has 74 valence electrons. The standard InChI is InChI=1S/C12H20O/c1-3-4-5-8-12(2)9-6-7-11(13)10-12/h3H,1,4-10H2,2H3. The first-order chi connectivity index (χ1) is 6.16. The summed E-state index contributed by atoms with van der Waals surface area (Å²) in [6.45, 7) is 5.97. The third-order valence-corrected chi connectivity index (χ3v) is 3.05. The molecule has 0 amide bonds. The van der Waals surface area contributed by atoms with Gasteiger partial charge in [-0.15, -0.1) is 6.58 Å². The lowest BCUT2D eigenvalue weighted by Crippen LogP contribution is -2.25. The van der Waals surface area contributed by atoms with Crippen molar-refractivity contribution in [2.45, 2.75) is 51.9 Å². The number of carbonyl (C=O) groups is 1. The van der Waals surface area contributed by atoms with Crippen LogP contribution in [-0.4, -0.2) is 5.78 Å². The number of allylic oxidation sites excluding steroid dienone is 1. The molecule has 1 fully saturated rings. The second kappa shape index (κ2) is 4.59. The van der Waals surface area contributed by atoms with Gasteiger partial charge in [0.1, 0.15) is 5.78 Å². The molecule has 1 aliphatic rings. The van der Waals surface area contributed by atoms with Crippen LogP contribution >= 0.6 is 0 Å². The van der Waals surface area contributed by atoms with Crippen LogP contribution in [0.5, 0.6) is 0 Å². The number of rotatable bonds is 4. The van der Waals surface area contributed by atoms with E-state index in [9.17, 15) is 4.79 Å². The Morgan fingerprint density at radius 1 is 1.62 bits per heavy atom. The van der Waals surface area contributed by atoms with Gasteiger partial charge in [-0.1, -0.05) is 13.0 Å². The van der Waals surface area contributed by atoms with Crippen LogP contribution in [0.4, 0.5) is 0 Å². The van der Waals surface area contributed by atoms with Crippen LogP contribution < -0.4 is 0 Å². The van der Waals surface area contributed by atoms with Gasteiger partial charge >= 0.3 is 0 Å². The first-order valence-electron chi connectivity index (χ1n) is 5.29. The van der Waals surface area contributed by atoms with Crippen molar-refractivity contribution in [3.05, 3.63) is 12.7 Å². The number of hydrogen-bond acceptors (Lipinski definition) is 1. The molecule has 0 saturated heterocycles. The van der Waals surface area contributed by atoms with Gasteiger partial charge in [-0.2, -0.15) is 0 Å². The highest BCUT2D eigenvalue weighted by atomic mass is 16.1. The summed E-state index contributed by atoms with van der Waals surface area (Å²) in [6.07, 6.45) is 9.39. The topological polar surface area (TPSA) is 17.1 Å². The molecule has 1 saturated carbocycles. The fourth-order valence-corrected chi connectivity index (χ4v) is 2.25. The molecule has 0 aromatic carbocycles. The van der Waals surface area contributed by atoms with E-state index in [4.69, 9.17) is 0 Å². The van der Waals surface area contributed by atoms with E-state index in [1.54, 1.807) is 0 Å². The largest absolute Gasteiger partial charge is 0.300 e. The quantitative estimate of drug-likeness (QED) is 0.478. The fourth-order valence-electron chi connectivity index (χ4n) is 2.25. The first kappa shape index (κ1) is 10.5. The Labute approximate surface area is 81.2 Å². The molecule has 0 aliphatic heterocycles. The predicted octanol–water partition coefficient (Wildman–Crippen LogP) is 3.49. The fraction of sp³-hybridized carbons (Fsp3) is 0.750. The number of hydrogen-bond donors (Lipinski definition) is 0. The van der Waals surface area contributed by atoms with E-state index in [-0.39, 0.29) is 0 Å². The second-order valence-corrected chi connectivity index (χ2v) is 4.56. The maximum Gasteiger partial charge on any atom is 0.133 e. The summed E-state index contributed by atoms with van der Waals surface area (Å²) >= 11 is 0. The van der Waals surface area contributed by atoms with Gasteiger partial charge in [-0.05, 0) is 37.5 Å². The van der Waals surface area contributed by atoms with Crippen LogP contribution in [-0.2, 0) is 4.79 Å². The van der Waals surface area contributed by atoms with Crippen LogP contribution in [0, 0.1) is 5.41 Å². The smallest absolute Gasteiger partial charge is 0.133 e. The predicted molar refractivity (Wildman–Crippen MR) is 55.6 cm³/mol. The van der Waals surface area contributed by atoms with Gasteiger partial charge in [0.15, 0.2) is 0 Å². The van der Waals surface area contributed by atoms with Crippen molar-refractivity contribution >= 4 is 5.78 Å². The number of ketones is 1. The van der Waals surface area contributed by atoms with Crippen LogP contribution in [0.15, 0.2) is 12.7 Å². The lowest BCUT2D eigenvalue weighted by molar-refractivity contribution is -0.123. The van der Waals surface area contributed by atoms with Crippen molar-refractivity contribution in [3.63, 3.8) is 0 Å². The minimum absolute atomic E-state index is 0.304. The Morgan fingerprint density at radius 2 is 2.38 bits per heavy atom. The van der Waals surface area contributed by atoms with Crippen LogP contribution in [0.2, 0.25) is 0 Å². The molecule has 1 unspecified atom stereocenters. The molecule has 1 rings (SSSR count). The summed E-state index contributed by atoms with van der Waals surface area (Å²) in [5.74, 6) is 0.465. The summed E-state index contributed by atoms with van der Waals surface area (Å²) in [7, 11) is 0. The van der Waals surface area contributed by atoms with E-state index in [0.717, 1.165) is 25.7 Å². The third kappa shape index (κ3) is 3.33. The monoisotopic (exact) mass is 180 g/mol. The minimum Gasteiger partial charge on any atom is -0.300 e. The highest BCUT2D eigenvalue weighted by Gasteiger charge is 2.30. The Morgan fingerprint density at radius 3 is 3.00 bits per heavy atom.